The van der Waals surface area contributed by atoms with Gasteiger partial charge in [0.25, 0.3) is 5.56 Å². The third-order valence-corrected chi connectivity index (χ3v) is 3.58. The zero-order valence-corrected chi connectivity index (χ0v) is 12.2. The van der Waals surface area contributed by atoms with Crippen LogP contribution in [0.4, 0.5) is 5.69 Å². The summed E-state index contributed by atoms with van der Waals surface area (Å²) >= 11 is 1.09. The van der Waals surface area contributed by atoms with Gasteiger partial charge in [-0.15, -0.1) is 5.10 Å². The van der Waals surface area contributed by atoms with Gasteiger partial charge in [0.15, 0.2) is 16.7 Å². The van der Waals surface area contributed by atoms with E-state index in [2.05, 4.69) is 20.5 Å². The Hall–Kier alpha value is -2.55. The molecule has 0 unspecified atom stereocenters. The Morgan fingerprint density at radius 1 is 1.32 bits per heavy atom. The van der Waals surface area contributed by atoms with E-state index in [4.69, 9.17) is 9.47 Å². The van der Waals surface area contributed by atoms with E-state index in [1.807, 2.05) is 0 Å². The number of carbonyl (C=O) groups excluding carboxylic acids is 1. The molecule has 3 rings (SSSR count). The molecule has 0 radical (unpaired) electrons. The zero-order chi connectivity index (χ0) is 15.4. The average Bonchev–Trinajstić information content (AvgIpc) is 2.53. The number of aromatic amines is 1. The van der Waals surface area contributed by atoms with Crippen LogP contribution in [0, 0.1) is 0 Å². The van der Waals surface area contributed by atoms with Gasteiger partial charge in [-0.2, -0.15) is 5.10 Å². The van der Waals surface area contributed by atoms with Crippen LogP contribution in [-0.4, -0.2) is 40.1 Å². The molecule has 1 aromatic heterocycles. The molecule has 0 fully saturated rings. The van der Waals surface area contributed by atoms with E-state index >= 15 is 0 Å². The number of hydrogen-bond acceptors (Lipinski definition) is 7. The van der Waals surface area contributed by atoms with Crippen LogP contribution in [0.5, 0.6) is 11.5 Å². The van der Waals surface area contributed by atoms with E-state index in [-0.39, 0.29) is 17.2 Å². The van der Waals surface area contributed by atoms with Crippen LogP contribution >= 0.6 is 11.8 Å². The maximum atomic E-state index is 11.9. The molecule has 114 valence electrons. The molecule has 8 nitrogen and oxygen atoms in total. The lowest BCUT2D eigenvalue weighted by atomic mass is 10.2. The van der Waals surface area contributed by atoms with Crippen molar-refractivity contribution in [3.05, 3.63) is 34.7 Å². The number of fused-ring (bicyclic) bond motifs is 1. The van der Waals surface area contributed by atoms with Gasteiger partial charge in [-0.1, -0.05) is 11.8 Å². The molecule has 22 heavy (non-hydrogen) atoms. The molecule has 0 bridgehead atoms. The van der Waals surface area contributed by atoms with E-state index in [0.717, 1.165) is 18.0 Å². The van der Waals surface area contributed by atoms with E-state index in [9.17, 15) is 9.59 Å². The minimum atomic E-state index is -0.357. The van der Waals surface area contributed by atoms with E-state index in [0.29, 0.717) is 35.6 Å². The Balaban J connectivity index is 1.58. The summed E-state index contributed by atoms with van der Waals surface area (Å²) in [6.45, 7) is 1.01. The molecule has 0 saturated carbocycles. The average molecular weight is 320 g/mol. The minimum Gasteiger partial charge on any atom is -0.486 e. The van der Waals surface area contributed by atoms with Crippen LogP contribution in [0.15, 0.2) is 34.3 Å². The molecule has 2 aromatic rings. The highest BCUT2D eigenvalue weighted by Crippen LogP contribution is 2.32. The Labute approximate surface area is 129 Å². The predicted molar refractivity (Wildman–Crippen MR) is 79.4 cm³/mol. The van der Waals surface area contributed by atoms with Crippen LogP contribution in [0.2, 0.25) is 0 Å². The maximum Gasteiger partial charge on any atom is 0.270 e. The second kappa shape index (κ2) is 6.48. The third-order valence-electron chi connectivity index (χ3n) is 2.72. The van der Waals surface area contributed by atoms with Gasteiger partial charge >= 0.3 is 0 Å². The van der Waals surface area contributed by atoms with Crippen LogP contribution in [0.25, 0.3) is 0 Å². The Morgan fingerprint density at radius 2 is 2.14 bits per heavy atom. The number of amides is 1. The quantitative estimate of drug-likeness (QED) is 0.797. The summed E-state index contributed by atoms with van der Waals surface area (Å²) in [5.74, 6) is 1.14. The number of H-pyrrole nitrogens is 1. The van der Waals surface area contributed by atoms with Crippen molar-refractivity contribution in [3.63, 3.8) is 0 Å². The van der Waals surface area contributed by atoms with Crippen molar-refractivity contribution in [2.45, 2.75) is 5.16 Å². The molecule has 0 atom stereocenters. The summed E-state index contributed by atoms with van der Waals surface area (Å²) < 4.78 is 10.9. The molecule has 2 N–H and O–H groups in total. The van der Waals surface area contributed by atoms with Gasteiger partial charge in [-0.25, -0.2) is 0 Å². The van der Waals surface area contributed by atoms with Gasteiger partial charge in [0, 0.05) is 11.8 Å². The largest absolute Gasteiger partial charge is 0.486 e. The van der Waals surface area contributed by atoms with Crippen molar-refractivity contribution in [2.24, 2.45) is 0 Å². The molecule has 0 saturated heterocycles. The highest BCUT2D eigenvalue weighted by Gasteiger charge is 2.13. The molecule has 1 aliphatic heterocycles. The number of nitrogens with one attached hydrogen (secondary N) is 2. The molecule has 2 heterocycles. The van der Waals surface area contributed by atoms with Crippen LogP contribution in [0.3, 0.4) is 0 Å². The van der Waals surface area contributed by atoms with Gasteiger partial charge in [-0.3, -0.25) is 14.6 Å². The number of thioether (sulfide) groups is 1. The van der Waals surface area contributed by atoms with Gasteiger partial charge in [-0.05, 0) is 12.1 Å². The maximum absolute atomic E-state index is 11.9. The number of anilines is 1. The zero-order valence-electron chi connectivity index (χ0n) is 11.4. The van der Waals surface area contributed by atoms with Crippen LogP contribution in [-0.2, 0) is 4.79 Å². The Bertz CT molecular complexity index is 749. The minimum absolute atomic E-state index is 0.100. The summed E-state index contributed by atoms with van der Waals surface area (Å²) in [5.41, 5.74) is 0.257. The second-order valence-electron chi connectivity index (χ2n) is 4.33. The number of ether oxygens (including phenoxy) is 2. The van der Waals surface area contributed by atoms with Crippen molar-refractivity contribution in [3.8, 4) is 11.5 Å². The first-order valence-corrected chi connectivity index (χ1v) is 7.43. The fraction of sp³-hybridized carbons (Fsp3) is 0.231. The molecular formula is C13H12N4O4S. The highest BCUT2D eigenvalue weighted by atomic mass is 32.2. The summed E-state index contributed by atoms with van der Waals surface area (Å²) in [6, 6.07) is 5.19. The fourth-order valence-corrected chi connectivity index (χ4v) is 2.43. The number of benzene rings is 1. The standard InChI is InChI=1S/C13H12N4O4S/c18-11-6-14-17-13(16-11)22-7-12(19)15-8-1-2-9-10(5-8)21-4-3-20-9/h1-2,5-6H,3-4,7H2,(H,15,19)(H,16,17,18). The van der Waals surface area contributed by atoms with Gasteiger partial charge in [0.2, 0.25) is 5.91 Å². The number of rotatable bonds is 4. The molecule has 9 heteroatoms. The second-order valence-corrected chi connectivity index (χ2v) is 5.30. The van der Waals surface area contributed by atoms with Crippen molar-refractivity contribution < 1.29 is 14.3 Å². The molecule has 1 amide bonds. The van der Waals surface area contributed by atoms with Crippen LogP contribution < -0.4 is 20.3 Å². The first kappa shape index (κ1) is 14.4. The van der Waals surface area contributed by atoms with Gasteiger partial charge in [0.1, 0.15) is 19.4 Å². The van der Waals surface area contributed by atoms with E-state index in [1.54, 1.807) is 18.2 Å². The Morgan fingerprint density at radius 3 is 2.95 bits per heavy atom. The third kappa shape index (κ3) is 3.55. The van der Waals surface area contributed by atoms with Gasteiger partial charge in [0.05, 0.1) is 5.75 Å². The summed E-state index contributed by atoms with van der Waals surface area (Å²) in [4.78, 5) is 25.4. The summed E-state index contributed by atoms with van der Waals surface area (Å²) in [5, 5.41) is 10.3. The summed E-state index contributed by atoms with van der Waals surface area (Å²) in [6.07, 6.45) is 1.07. The predicted octanol–water partition coefficient (Wildman–Crippen LogP) is 0.667. The smallest absolute Gasteiger partial charge is 0.270 e. The van der Waals surface area contributed by atoms with Crippen molar-refractivity contribution in [2.75, 3.05) is 24.3 Å². The van der Waals surface area contributed by atoms with Crippen molar-refractivity contribution >= 4 is 23.4 Å². The molecule has 0 aliphatic carbocycles. The molecule has 0 spiro atoms. The highest BCUT2D eigenvalue weighted by molar-refractivity contribution is 7.99. The number of carbonyl (C=O) groups is 1. The first-order valence-electron chi connectivity index (χ1n) is 6.45. The normalized spacial score (nSPS) is 12.7. The summed E-state index contributed by atoms with van der Waals surface area (Å²) in [7, 11) is 0. The molecular weight excluding hydrogens is 308 g/mol. The SMILES string of the molecule is O=C(CSc1nncc(=O)[nH]1)Nc1ccc2c(c1)OCCO2. The lowest BCUT2D eigenvalue weighted by Gasteiger charge is -2.18. The monoisotopic (exact) mass is 320 g/mol. The van der Waals surface area contributed by atoms with Crippen LogP contribution in [0.1, 0.15) is 0 Å². The lowest BCUT2D eigenvalue weighted by Crippen LogP contribution is -2.17. The number of aromatic nitrogens is 3. The molecule has 1 aromatic carbocycles. The lowest BCUT2D eigenvalue weighted by molar-refractivity contribution is -0.113. The first-order chi connectivity index (χ1) is 10.7. The van der Waals surface area contributed by atoms with E-state index < -0.39 is 0 Å². The van der Waals surface area contributed by atoms with Crippen molar-refractivity contribution in [1.29, 1.82) is 0 Å². The topological polar surface area (TPSA) is 106 Å². The number of nitrogens with zero attached hydrogens (tertiary/aromatic N) is 2. The molecule has 1 aliphatic rings. The van der Waals surface area contributed by atoms with Gasteiger partial charge < -0.3 is 14.8 Å². The fourth-order valence-electron chi connectivity index (χ4n) is 1.81. The number of hydrogen-bond donors (Lipinski definition) is 2. The van der Waals surface area contributed by atoms with E-state index in [1.165, 1.54) is 0 Å². The Kier molecular flexibility index (Phi) is 4.24. The van der Waals surface area contributed by atoms with Crippen molar-refractivity contribution in [1.82, 2.24) is 15.2 Å².